The first-order valence-corrected chi connectivity index (χ1v) is 10.8. The van der Waals surface area contributed by atoms with Crippen LogP contribution in [-0.4, -0.2) is 29.7 Å². The number of aromatic nitrogens is 1. The Morgan fingerprint density at radius 1 is 1.15 bits per heavy atom. The van der Waals surface area contributed by atoms with Crippen LogP contribution in [0.4, 0.5) is 5.69 Å². The predicted molar refractivity (Wildman–Crippen MR) is 132 cm³/mol. The van der Waals surface area contributed by atoms with Crippen molar-refractivity contribution in [1.82, 2.24) is 10.3 Å². The molecule has 0 bridgehead atoms. The zero-order valence-electron chi connectivity index (χ0n) is 17.8. The number of methoxy groups -OCH3 is 1. The van der Waals surface area contributed by atoms with Gasteiger partial charge in [0.05, 0.1) is 18.7 Å². The van der Waals surface area contributed by atoms with Gasteiger partial charge in [0.1, 0.15) is 17.0 Å². The van der Waals surface area contributed by atoms with E-state index in [1.807, 2.05) is 49.4 Å². The van der Waals surface area contributed by atoms with Gasteiger partial charge in [-0.1, -0.05) is 17.7 Å². The van der Waals surface area contributed by atoms with Gasteiger partial charge in [0.15, 0.2) is 10.7 Å². The molecule has 0 radical (unpaired) electrons. The monoisotopic (exact) mass is 481 g/mol. The summed E-state index contributed by atoms with van der Waals surface area (Å²) in [6, 6.07) is 17.6. The maximum atomic E-state index is 12.5. The van der Waals surface area contributed by atoms with Crippen molar-refractivity contribution >= 4 is 51.6 Å². The van der Waals surface area contributed by atoms with Gasteiger partial charge in [-0.2, -0.15) is 0 Å². The van der Waals surface area contributed by atoms with Crippen LogP contribution in [0.15, 0.2) is 65.1 Å². The Kier molecular flexibility index (Phi) is 6.76. The number of nitrogens with zero attached hydrogens (tertiary/aromatic N) is 1. The minimum Gasteiger partial charge on any atom is -0.497 e. The molecule has 0 aliphatic carbocycles. The number of nitrogens with one attached hydrogen (secondary N) is 2. The molecule has 0 atom stereocenters. The molecule has 1 heterocycles. The van der Waals surface area contributed by atoms with Crippen LogP contribution < -0.4 is 20.1 Å². The molecule has 4 aromatic rings. The molecule has 0 unspecified atom stereocenters. The van der Waals surface area contributed by atoms with Crippen LogP contribution in [0.25, 0.3) is 22.6 Å². The molecule has 33 heavy (non-hydrogen) atoms. The van der Waals surface area contributed by atoms with Gasteiger partial charge in [-0.15, -0.1) is 0 Å². The summed E-state index contributed by atoms with van der Waals surface area (Å²) < 4.78 is 16.5. The molecule has 4 rings (SSSR count). The number of halogens is 1. The van der Waals surface area contributed by atoms with Gasteiger partial charge in [0.2, 0.25) is 5.89 Å². The Bertz CT molecular complexity index is 1340. The number of carbonyl (C=O) groups excluding carboxylic acids is 1. The normalized spacial score (nSPS) is 10.6. The SMILES string of the molecule is CCOc1ccc(C(=O)NC(=S)Nc2cccc(-c3nc4cc(OC)ccc4o3)c2)cc1Cl. The fraction of sp³-hybridized carbons (Fsp3) is 0.125. The van der Waals surface area contributed by atoms with Crippen LogP contribution in [0.2, 0.25) is 5.02 Å². The lowest BCUT2D eigenvalue weighted by Gasteiger charge is -2.11. The van der Waals surface area contributed by atoms with Crippen molar-refractivity contribution in [3.63, 3.8) is 0 Å². The molecule has 0 aliphatic heterocycles. The Morgan fingerprint density at radius 3 is 2.76 bits per heavy atom. The second-order valence-electron chi connectivity index (χ2n) is 6.92. The van der Waals surface area contributed by atoms with Gasteiger partial charge in [-0.25, -0.2) is 4.98 Å². The first-order chi connectivity index (χ1) is 16.0. The molecular formula is C24H20ClN3O4S. The lowest BCUT2D eigenvalue weighted by molar-refractivity contribution is 0.0977. The van der Waals surface area contributed by atoms with Crippen molar-refractivity contribution in [2.45, 2.75) is 6.92 Å². The van der Waals surface area contributed by atoms with Crippen molar-refractivity contribution < 1.29 is 18.7 Å². The molecule has 0 spiro atoms. The standard InChI is InChI=1S/C24H20ClN3O4S/c1-3-31-20-9-7-14(12-18(20)25)22(29)28-24(33)26-16-6-4-5-15(11-16)23-27-19-13-17(30-2)8-10-21(19)32-23/h4-13H,3H2,1-2H3,(H2,26,28,29,33). The first kappa shape index (κ1) is 22.6. The zero-order chi connectivity index (χ0) is 23.4. The van der Waals surface area contributed by atoms with Crippen molar-refractivity contribution in [3.8, 4) is 23.0 Å². The molecule has 0 aliphatic rings. The molecule has 0 fully saturated rings. The Hall–Kier alpha value is -3.62. The Balaban J connectivity index is 1.45. The largest absolute Gasteiger partial charge is 0.497 e. The molecule has 0 saturated carbocycles. The second kappa shape index (κ2) is 9.89. The number of fused-ring (bicyclic) bond motifs is 1. The van der Waals surface area contributed by atoms with Crippen LogP contribution in [-0.2, 0) is 0 Å². The Labute approximate surface area is 200 Å². The lowest BCUT2D eigenvalue weighted by atomic mass is 10.2. The van der Waals surface area contributed by atoms with E-state index in [4.69, 9.17) is 37.7 Å². The van der Waals surface area contributed by atoms with Crippen LogP contribution in [0.5, 0.6) is 11.5 Å². The molecule has 9 heteroatoms. The molecule has 2 N–H and O–H groups in total. The number of hydrogen-bond donors (Lipinski definition) is 2. The number of hydrogen-bond acceptors (Lipinski definition) is 6. The van der Waals surface area contributed by atoms with Gasteiger partial charge >= 0.3 is 0 Å². The van der Waals surface area contributed by atoms with Crippen molar-refractivity contribution in [3.05, 3.63) is 71.2 Å². The van der Waals surface area contributed by atoms with Crippen LogP contribution in [0.3, 0.4) is 0 Å². The van der Waals surface area contributed by atoms with E-state index in [0.717, 1.165) is 5.56 Å². The smallest absolute Gasteiger partial charge is 0.257 e. The Morgan fingerprint density at radius 2 is 2.00 bits per heavy atom. The summed E-state index contributed by atoms with van der Waals surface area (Å²) in [4.78, 5) is 17.1. The molecular weight excluding hydrogens is 462 g/mol. The van der Waals surface area contributed by atoms with Gasteiger partial charge in [-0.3, -0.25) is 10.1 Å². The summed E-state index contributed by atoms with van der Waals surface area (Å²) in [6.45, 7) is 2.34. The zero-order valence-corrected chi connectivity index (χ0v) is 19.4. The van der Waals surface area contributed by atoms with Crippen LogP contribution >= 0.6 is 23.8 Å². The summed E-state index contributed by atoms with van der Waals surface area (Å²) in [5.74, 6) is 1.29. The van der Waals surface area contributed by atoms with Gasteiger partial charge < -0.3 is 19.2 Å². The topological polar surface area (TPSA) is 85.6 Å². The van der Waals surface area contributed by atoms with E-state index in [0.29, 0.717) is 51.4 Å². The van der Waals surface area contributed by atoms with E-state index in [-0.39, 0.29) is 11.0 Å². The second-order valence-corrected chi connectivity index (χ2v) is 7.74. The lowest BCUT2D eigenvalue weighted by Crippen LogP contribution is -2.34. The number of anilines is 1. The highest BCUT2D eigenvalue weighted by atomic mass is 35.5. The molecule has 1 amide bonds. The molecule has 168 valence electrons. The number of rotatable bonds is 6. The summed E-state index contributed by atoms with van der Waals surface area (Å²) >= 11 is 11.5. The van der Waals surface area contributed by atoms with E-state index in [9.17, 15) is 4.79 Å². The molecule has 0 saturated heterocycles. The maximum Gasteiger partial charge on any atom is 0.257 e. The first-order valence-electron chi connectivity index (χ1n) is 10.1. The van der Waals surface area contributed by atoms with Gasteiger partial charge in [0, 0.05) is 22.9 Å². The average molecular weight is 482 g/mol. The summed E-state index contributed by atoms with van der Waals surface area (Å²) in [5, 5.41) is 6.15. The third-order valence-corrected chi connectivity index (χ3v) is 5.18. The van der Waals surface area contributed by atoms with Crippen molar-refractivity contribution in [2.75, 3.05) is 19.0 Å². The maximum absolute atomic E-state index is 12.5. The van der Waals surface area contributed by atoms with E-state index >= 15 is 0 Å². The number of carbonyl (C=O) groups is 1. The van der Waals surface area contributed by atoms with Crippen LogP contribution in [0.1, 0.15) is 17.3 Å². The van der Waals surface area contributed by atoms with Crippen LogP contribution in [0, 0.1) is 0 Å². The third kappa shape index (κ3) is 5.24. The summed E-state index contributed by atoms with van der Waals surface area (Å²) in [5.41, 5.74) is 3.13. The number of ether oxygens (including phenoxy) is 2. The highest BCUT2D eigenvalue weighted by molar-refractivity contribution is 7.80. The van der Waals surface area contributed by atoms with Gasteiger partial charge in [0.25, 0.3) is 5.91 Å². The number of oxazole rings is 1. The number of amides is 1. The van der Waals surface area contributed by atoms with E-state index in [1.165, 1.54) is 6.07 Å². The quantitative estimate of drug-likeness (QED) is 0.342. The fourth-order valence-electron chi connectivity index (χ4n) is 3.14. The van der Waals surface area contributed by atoms with Gasteiger partial charge in [-0.05, 0) is 67.7 Å². The molecule has 3 aromatic carbocycles. The van der Waals surface area contributed by atoms with E-state index in [2.05, 4.69) is 15.6 Å². The predicted octanol–water partition coefficient (Wildman–Crippen LogP) is 5.68. The highest BCUT2D eigenvalue weighted by Crippen LogP contribution is 2.28. The van der Waals surface area contributed by atoms with E-state index < -0.39 is 0 Å². The molecule has 7 nitrogen and oxygen atoms in total. The average Bonchev–Trinajstić information content (AvgIpc) is 3.24. The van der Waals surface area contributed by atoms with Crippen molar-refractivity contribution in [1.29, 1.82) is 0 Å². The minimum atomic E-state index is -0.387. The third-order valence-electron chi connectivity index (χ3n) is 4.68. The summed E-state index contributed by atoms with van der Waals surface area (Å²) in [7, 11) is 1.60. The minimum absolute atomic E-state index is 0.143. The number of benzene rings is 3. The van der Waals surface area contributed by atoms with E-state index in [1.54, 1.807) is 19.2 Å². The number of thiocarbonyl (C=S) groups is 1. The fourth-order valence-corrected chi connectivity index (χ4v) is 3.59. The highest BCUT2D eigenvalue weighted by Gasteiger charge is 2.13. The molecule has 1 aromatic heterocycles. The van der Waals surface area contributed by atoms with Crippen molar-refractivity contribution in [2.24, 2.45) is 0 Å². The summed E-state index contributed by atoms with van der Waals surface area (Å²) in [6.07, 6.45) is 0.